The highest BCUT2D eigenvalue weighted by atomic mass is 19.1. The normalized spacial score (nSPS) is 23.6. The summed E-state index contributed by atoms with van der Waals surface area (Å²) in [5.41, 5.74) is -4.77. The van der Waals surface area contributed by atoms with Gasteiger partial charge in [-0.1, -0.05) is 23.8 Å². The Bertz CT molecular complexity index is 2400. The Labute approximate surface area is 325 Å². The molecule has 0 spiro atoms. The average molecular weight is 803 g/mol. The summed E-state index contributed by atoms with van der Waals surface area (Å²) in [5.74, 6) is -13.4. The minimum atomic E-state index is -1.43. The van der Waals surface area contributed by atoms with Crippen molar-refractivity contribution in [2.75, 3.05) is 47.8 Å². The number of para-hydroxylation sites is 1. The maximum absolute atomic E-state index is 15.0. The maximum atomic E-state index is 15.0. The van der Waals surface area contributed by atoms with E-state index < -0.39 is 136 Å². The van der Waals surface area contributed by atoms with Crippen LogP contribution in [0, 0.1) is 75.9 Å². The number of hydrogen-bond acceptors (Lipinski definition) is 15. The van der Waals surface area contributed by atoms with Crippen LogP contribution >= 0.6 is 0 Å². The Morgan fingerprint density at radius 2 is 1.09 bits per heavy atom. The van der Waals surface area contributed by atoms with Crippen molar-refractivity contribution in [3.63, 3.8) is 0 Å². The van der Waals surface area contributed by atoms with Gasteiger partial charge in [-0.3, -0.25) is 59.6 Å². The third-order valence-electron chi connectivity index (χ3n) is 11.3. The molecule has 0 bridgehead atoms. The highest BCUT2D eigenvalue weighted by Crippen LogP contribution is 2.60. The number of imide groups is 2. The van der Waals surface area contributed by atoms with Crippen molar-refractivity contribution in [2.24, 2.45) is 29.6 Å². The number of allylic oxidation sites excluding steroid dienone is 2. The number of benzene rings is 3. The number of carbonyl (C=O) groups excluding carboxylic acids is 4. The van der Waals surface area contributed by atoms with Crippen LogP contribution in [0.2, 0.25) is 0 Å². The lowest BCUT2D eigenvalue weighted by atomic mass is 9.57. The van der Waals surface area contributed by atoms with Gasteiger partial charge in [0.2, 0.25) is 23.6 Å². The van der Waals surface area contributed by atoms with Gasteiger partial charge in [-0.05, 0) is 24.8 Å². The van der Waals surface area contributed by atoms with Gasteiger partial charge in [0.15, 0.2) is 22.9 Å². The molecule has 21 nitrogen and oxygen atoms in total. The van der Waals surface area contributed by atoms with E-state index in [9.17, 15) is 64.7 Å². The minimum absolute atomic E-state index is 0.161. The summed E-state index contributed by atoms with van der Waals surface area (Å²) in [4.78, 5) is 106. The number of carbonyl (C=O) groups is 4. The number of nitro groups is 4. The summed E-state index contributed by atoms with van der Waals surface area (Å²) in [7, 11) is 5.32. The molecule has 4 amide bonds. The van der Waals surface area contributed by atoms with Gasteiger partial charge < -0.3 is 14.9 Å². The zero-order chi connectivity index (χ0) is 42.4. The van der Waals surface area contributed by atoms with Gasteiger partial charge in [-0.15, -0.1) is 0 Å². The molecule has 6 atom stereocenters. The van der Waals surface area contributed by atoms with Gasteiger partial charge in [-0.25, -0.2) is 14.2 Å². The van der Waals surface area contributed by atoms with Crippen molar-refractivity contribution in [1.82, 2.24) is 0 Å². The molecule has 0 unspecified atom stereocenters. The summed E-state index contributed by atoms with van der Waals surface area (Å²) in [6.07, 6.45) is 1.06. The quantitative estimate of drug-likeness (QED) is 0.136. The van der Waals surface area contributed by atoms with E-state index in [2.05, 4.69) is 0 Å². The Balaban J connectivity index is 1.37. The Morgan fingerprint density at radius 3 is 1.52 bits per heavy atom. The zero-order valence-corrected chi connectivity index (χ0v) is 30.8. The maximum Gasteiger partial charge on any atom is 0.301 e. The second kappa shape index (κ2) is 13.7. The third-order valence-corrected chi connectivity index (χ3v) is 11.3. The van der Waals surface area contributed by atoms with E-state index in [0.717, 1.165) is 40.1 Å². The number of hydrogen-bond donors (Lipinski definition) is 1. The topological polar surface area (TPSA) is 274 Å². The lowest BCUT2D eigenvalue weighted by molar-refractivity contribution is -0.392. The number of nitrogens with zero attached hydrogens (tertiary/aromatic N) is 8. The van der Waals surface area contributed by atoms with E-state index in [-0.39, 0.29) is 24.0 Å². The number of halogens is 1. The van der Waals surface area contributed by atoms with Crippen LogP contribution in [0.15, 0.2) is 54.1 Å². The predicted molar refractivity (Wildman–Crippen MR) is 199 cm³/mol. The second-order valence-electron chi connectivity index (χ2n) is 14.7. The van der Waals surface area contributed by atoms with Gasteiger partial charge in [0.1, 0.15) is 0 Å². The molecule has 2 heterocycles. The van der Waals surface area contributed by atoms with Crippen LogP contribution in [0.1, 0.15) is 24.3 Å². The van der Waals surface area contributed by atoms with Crippen LogP contribution in [0.3, 0.4) is 0 Å². The van der Waals surface area contributed by atoms with Crippen molar-refractivity contribution >= 4 is 69.1 Å². The van der Waals surface area contributed by atoms with Crippen molar-refractivity contribution in [2.45, 2.75) is 18.8 Å². The minimum Gasteiger partial charge on any atom is -0.505 e. The Morgan fingerprint density at radius 1 is 0.655 bits per heavy atom. The summed E-state index contributed by atoms with van der Waals surface area (Å²) < 4.78 is 15.0. The lowest BCUT2D eigenvalue weighted by Gasteiger charge is -2.44. The van der Waals surface area contributed by atoms with Crippen LogP contribution in [-0.2, 0) is 19.2 Å². The monoisotopic (exact) mass is 802 g/mol. The number of phenols is 1. The zero-order valence-electron chi connectivity index (χ0n) is 30.8. The van der Waals surface area contributed by atoms with Gasteiger partial charge in [0, 0.05) is 63.9 Å². The van der Waals surface area contributed by atoms with Gasteiger partial charge >= 0.3 is 22.7 Å². The van der Waals surface area contributed by atoms with E-state index in [1.807, 2.05) is 0 Å². The molecular weight excluding hydrogens is 771 g/mol. The molecule has 2 saturated heterocycles. The summed E-state index contributed by atoms with van der Waals surface area (Å²) in [6.45, 7) is 0. The highest BCUT2D eigenvalue weighted by Gasteiger charge is 2.63. The average Bonchev–Trinajstić information content (AvgIpc) is 3.57. The molecule has 2 aliphatic carbocycles. The molecular formula is C36H31FN8O13. The smallest absolute Gasteiger partial charge is 0.301 e. The lowest BCUT2D eigenvalue weighted by Crippen LogP contribution is -2.43. The summed E-state index contributed by atoms with van der Waals surface area (Å²) in [5, 5.41) is 59.6. The van der Waals surface area contributed by atoms with Crippen LogP contribution in [0.4, 0.5) is 49.9 Å². The number of nitro benzene ring substituents is 4. The van der Waals surface area contributed by atoms with Crippen LogP contribution < -0.4 is 19.6 Å². The van der Waals surface area contributed by atoms with E-state index >= 15 is 4.39 Å². The first kappa shape index (κ1) is 38.9. The van der Waals surface area contributed by atoms with Crippen LogP contribution in [0.5, 0.6) is 5.75 Å². The van der Waals surface area contributed by atoms with Gasteiger partial charge in [0.25, 0.3) is 0 Å². The van der Waals surface area contributed by atoms with Crippen molar-refractivity contribution in [1.29, 1.82) is 0 Å². The van der Waals surface area contributed by atoms with Crippen LogP contribution in [0.25, 0.3) is 0 Å². The largest absolute Gasteiger partial charge is 0.505 e. The first-order valence-electron chi connectivity index (χ1n) is 17.5. The molecule has 22 heteroatoms. The molecule has 300 valence electrons. The highest BCUT2D eigenvalue weighted by molar-refractivity contribution is 6.24. The molecule has 0 aromatic heterocycles. The van der Waals surface area contributed by atoms with Gasteiger partial charge in [0.05, 0.1) is 54.7 Å². The molecule has 58 heavy (non-hydrogen) atoms. The number of amides is 4. The van der Waals surface area contributed by atoms with Crippen molar-refractivity contribution in [3.05, 3.63) is 106 Å². The fourth-order valence-corrected chi connectivity index (χ4v) is 9.14. The third kappa shape index (κ3) is 5.65. The summed E-state index contributed by atoms with van der Waals surface area (Å²) in [6, 6.07) is 6.89. The predicted octanol–water partition coefficient (Wildman–Crippen LogP) is 4.34. The molecule has 7 rings (SSSR count). The molecule has 1 N–H and O–H groups in total. The van der Waals surface area contributed by atoms with E-state index in [4.69, 9.17) is 0 Å². The van der Waals surface area contributed by atoms with E-state index in [1.54, 1.807) is 0 Å². The first-order chi connectivity index (χ1) is 27.3. The van der Waals surface area contributed by atoms with Crippen LogP contribution in [-0.4, -0.2) is 76.6 Å². The Kier molecular flexibility index (Phi) is 9.16. The number of phenolic OH excluding ortho intramolecular Hbond substituents is 1. The fourth-order valence-electron chi connectivity index (χ4n) is 9.14. The SMILES string of the molecule is CN(C)c1c([N+](=O)[O-])cc(N2C(=O)[C@H]3[C@H](CC=C4[C@H]3C[C@H]3C(=O)N(c5cc([N+](=O)[O-])c(N(C)C)c([N+](=O)[O-])c5)C(=O)[C@H]3[C@H]4c3cccc(F)c3O)C2=O)cc1[N+](=O)[O-]. The molecule has 3 aromatic rings. The van der Waals surface area contributed by atoms with Gasteiger partial charge in [-0.2, -0.15) is 0 Å². The van der Waals surface area contributed by atoms with E-state index in [1.165, 1.54) is 46.4 Å². The summed E-state index contributed by atoms with van der Waals surface area (Å²) >= 11 is 0. The molecule has 1 saturated carbocycles. The molecule has 3 aromatic carbocycles. The number of rotatable bonds is 9. The molecule has 0 radical (unpaired) electrons. The Hall–Kier alpha value is -7.39. The first-order valence-corrected chi connectivity index (χ1v) is 17.5. The molecule has 2 aliphatic heterocycles. The van der Waals surface area contributed by atoms with E-state index in [0.29, 0.717) is 9.80 Å². The number of anilines is 4. The fraction of sp³-hybridized carbons (Fsp3) is 0.333. The standard InChI is InChI=1S/C36H31FN8O13/c1-38(2)30-23(42(51)52)10-15(11-24(30)43(53)54)40-33(47)19-9-8-17-20(28(19)35(40)49)14-21-29(27(17)18-6-5-7-22(37)32(18)46)36(50)41(34(21)48)16-12-25(44(55)56)31(39(3)4)26(13-16)45(57)58/h5-8,10-13,19-21,27-29,46H,9,14H2,1-4H3/t19-,20+,21+,27+,28-,29+/m0/s1. The number of fused-ring (bicyclic) bond motifs is 4. The van der Waals surface area contributed by atoms with Crippen molar-refractivity contribution in [3.8, 4) is 5.75 Å². The second-order valence-corrected chi connectivity index (χ2v) is 14.7. The molecule has 3 fully saturated rings. The van der Waals surface area contributed by atoms with Crippen molar-refractivity contribution < 1.29 is 48.4 Å². The molecule has 4 aliphatic rings. The number of aromatic hydroxyl groups is 1.